The van der Waals surface area contributed by atoms with E-state index in [1.165, 1.54) is 6.33 Å². The van der Waals surface area contributed by atoms with Crippen LogP contribution >= 0.6 is 0 Å². The van der Waals surface area contributed by atoms with Gasteiger partial charge in [0.05, 0.1) is 24.6 Å². The molecular weight excluding hydrogens is 170 g/mol. The molecule has 0 amide bonds. The van der Waals surface area contributed by atoms with Gasteiger partial charge < -0.3 is 14.8 Å². The van der Waals surface area contributed by atoms with E-state index in [1.807, 2.05) is 0 Å². The summed E-state index contributed by atoms with van der Waals surface area (Å²) >= 11 is 0. The van der Waals surface area contributed by atoms with Gasteiger partial charge in [-0.15, -0.1) is 0 Å². The molecular formula is C8H13N3O2. The molecule has 0 aliphatic rings. The Bertz CT molecular complexity index is 226. The van der Waals surface area contributed by atoms with E-state index in [2.05, 4.69) is 15.3 Å². The zero-order valence-electron chi connectivity index (χ0n) is 7.73. The Hall–Kier alpha value is -1.20. The number of hydrogen-bond donors (Lipinski definition) is 1. The smallest absolute Gasteiger partial charge is 0.173 e. The van der Waals surface area contributed by atoms with Gasteiger partial charge in [-0.3, -0.25) is 0 Å². The van der Waals surface area contributed by atoms with E-state index in [4.69, 9.17) is 9.47 Å². The number of nitrogens with zero attached hydrogens (tertiary/aromatic N) is 2. The van der Waals surface area contributed by atoms with Gasteiger partial charge in [0.15, 0.2) is 6.29 Å². The summed E-state index contributed by atoms with van der Waals surface area (Å²) in [6.45, 7) is 0.570. The van der Waals surface area contributed by atoms with Crippen LogP contribution < -0.4 is 5.32 Å². The molecule has 1 aromatic heterocycles. The molecule has 0 atom stereocenters. The van der Waals surface area contributed by atoms with Gasteiger partial charge in [-0.25, -0.2) is 9.97 Å². The second-order valence-corrected chi connectivity index (χ2v) is 2.41. The fraction of sp³-hybridized carbons (Fsp3) is 0.500. The molecule has 0 aliphatic heterocycles. The van der Waals surface area contributed by atoms with Crippen molar-refractivity contribution in [3.63, 3.8) is 0 Å². The van der Waals surface area contributed by atoms with Crippen molar-refractivity contribution in [2.24, 2.45) is 0 Å². The maximum absolute atomic E-state index is 5.00. The average molecular weight is 183 g/mol. The first-order valence-corrected chi connectivity index (χ1v) is 3.91. The zero-order valence-corrected chi connectivity index (χ0v) is 7.73. The molecule has 1 N–H and O–H groups in total. The third kappa shape index (κ3) is 3.35. The Morgan fingerprint density at radius 2 is 1.92 bits per heavy atom. The molecule has 72 valence electrons. The minimum Gasteiger partial charge on any atom is -0.377 e. The highest BCUT2D eigenvalue weighted by atomic mass is 16.7. The highest BCUT2D eigenvalue weighted by molar-refractivity contribution is 5.36. The van der Waals surface area contributed by atoms with Crippen LogP contribution in [0.25, 0.3) is 0 Å². The van der Waals surface area contributed by atoms with E-state index >= 15 is 0 Å². The summed E-state index contributed by atoms with van der Waals surface area (Å²) in [5.74, 6) is 0. The van der Waals surface area contributed by atoms with Gasteiger partial charge in [-0.1, -0.05) is 0 Å². The van der Waals surface area contributed by atoms with Gasteiger partial charge in [0.25, 0.3) is 0 Å². The van der Waals surface area contributed by atoms with Crippen molar-refractivity contribution in [3.8, 4) is 0 Å². The molecule has 0 saturated carbocycles. The fourth-order valence-corrected chi connectivity index (χ4v) is 0.854. The molecule has 0 bridgehead atoms. The molecule has 0 radical (unpaired) electrons. The molecule has 0 unspecified atom stereocenters. The summed E-state index contributed by atoms with van der Waals surface area (Å²) in [7, 11) is 3.19. The van der Waals surface area contributed by atoms with Crippen LogP contribution in [0.1, 0.15) is 0 Å². The van der Waals surface area contributed by atoms with E-state index in [9.17, 15) is 0 Å². The minimum atomic E-state index is -0.250. The molecule has 5 heteroatoms. The number of methoxy groups -OCH3 is 2. The van der Waals surface area contributed by atoms with Crippen LogP contribution in [0, 0.1) is 0 Å². The first kappa shape index (κ1) is 9.88. The molecule has 0 spiro atoms. The van der Waals surface area contributed by atoms with Crippen LogP contribution in [0.3, 0.4) is 0 Å². The fourth-order valence-electron chi connectivity index (χ4n) is 0.854. The number of hydrogen-bond acceptors (Lipinski definition) is 5. The molecule has 0 aliphatic carbocycles. The number of aromatic nitrogens is 2. The van der Waals surface area contributed by atoms with Crippen molar-refractivity contribution in [3.05, 3.63) is 18.7 Å². The standard InChI is InChI=1S/C8H13N3O2/c1-12-8(13-2)5-11-7-3-9-6-10-4-7/h3-4,6,8,11H,5H2,1-2H3. The van der Waals surface area contributed by atoms with Gasteiger partial charge in [-0.2, -0.15) is 0 Å². The average Bonchev–Trinajstić information content (AvgIpc) is 2.21. The van der Waals surface area contributed by atoms with Crippen LogP contribution in [-0.4, -0.2) is 37.0 Å². The summed E-state index contributed by atoms with van der Waals surface area (Å²) in [4.78, 5) is 7.72. The van der Waals surface area contributed by atoms with Gasteiger partial charge in [0.1, 0.15) is 6.33 Å². The summed E-state index contributed by atoms with van der Waals surface area (Å²) in [5, 5.41) is 3.07. The number of rotatable bonds is 5. The van der Waals surface area contributed by atoms with Crippen LogP contribution in [0.15, 0.2) is 18.7 Å². The first-order chi connectivity index (χ1) is 6.36. The third-order valence-electron chi connectivity index (χ3n) is 1.56. The molecule has 0 saturated heterocycles. The Balaban J connectivity index is 2.34. The number of anilines is 1. The number of nitrogens with one attached hydrogen (secondary N) is 1. The van der Waals surface area contributed by atoms with Crippen molar-refractivity contribution < 1.29 is 9.47 Å². The quantitative estimate of drug-likeness (QED) is 0.674. The minimum absolute atomic E-state index is 0.250. The maximum atomic E-state index is 5.00. The SMILES string of the molecule is COC(CNc1cncnc1)OC. The van der Waals surface area contributed by atoms with Crippen molar-refractivity contribution in [1.82, 2.24) is 9.97 Å². The molecule has 1 aromatic rings. The second kappa shape index (κ2) is 5.45. The zero-order chi connectivity index (χ0) is 9.52. The largest absolute Gasteiger partial charge is 0.377 e. The second-order valence-electron chi connectivity index (χ2n) is 2.41. The first-order valence-electron chi connectivity index (χ1n) is 3.91. The Kier molecular flexibility index (Phi) is 4.14. The third-order valence-corrected chi connectivity index (χ3v) is 1.56. The Labute approximate surface area is 77.1 Å². The van der Waals surface area contributed by atoms with Gasteiger partial charge in [-0.05, 0) is 0 Å². The molecule has 0 aromatic carbocycles. The summed E-state index contributed by atoms with van der Waals surface area (Å²) < 4.78 is 9.99. The lowest BCUT2D eigenvalue weighted by molar-refractivity contribution is -0.0914. The van der Waals surface area contributed by atoms with Crippen LogP contribution in [0.5, 0.6) is 0 Å². The van der Waals surface area contributed by atoms with E-state index in [0.29, 0.717) is 6.54 Å². The molecule has 5 nitrogen and oxygen atoms in total. The van der Waals surface area contributed by atoms with Crippen molar-refractivity contribution in [2.75, 3.05) is 26.1 Å². The predicted octanol–water partition coefficient (Wildman–Crippen LogP) is 0.507. The lowest BCUT2D eigenvalue weighted by Crippen LogP contribution is -2.23. The highest BCUT2D eigenvalue weighted by Crippen LogP contribution is 2.01. The Morgan fingerprint density at radius 3 is 2.46 bits per heavy atom. The molecule has 13 heavy (non-hydrogen) atoms. The van der Waals surface area contributed by atoms with Crippen LogP contribution in [-0.2, 0) is 9.47 Å². The molecule has 1 rings (SSSR count). The van der Waals surface area contributed by atoms with E-state index in [1.54, 1.807) is 26.6 Å². The molecule has 1 heterocycles. The van der Waals surface area contributed by atoms with E-state index in [-0.39, 0.29) is 6.29 Å². The van der Waals surface area contributed by atoms with Gasteiger partial charge in [0, 0.05) is 14.2 Å². The van der Waals surface area contributed by atoms with Gasteiger partial charge in [0.2, 0.25) is 0 Å². The van der Waals surface area contributed by atoms with E-state index < -0.39 is 0 Å². The highest BCUT2D eigenvalue weighted by Gasteiger charge is 2.03. The van der Waals surface area contributed by atoms with Gasteiger partial charge >= 0.3 is 0 Å². The van der Waals surface area contributed by atoms with Crippen LogP contribution in [0.4, 0.5) is 5.69 Å². The Morgan fingerprint density at radius 1 is 1.31 bits per heavy atom. The normalized spacial score (nSPS) is 10.4. The van der Waals surface area contributed by atoms with Crippen LogP contribution in [0.2, 0.25) is 0 Å². The predicted molar refractivity (Wildman–Crippen MR) is 48.3 cm³/mol. The van der Waals surface area contributed by atoms with Crippen molar-refractivity contribution in [2.45, 2.75) is 6.29 Å². The number of ether oxygens (including phenoxy) is 2. The summed E-state index contributed by atoms with van der Waals surface area (Å²) in [6, 6.07) is 0. The monoisotopic (exact) mass is 183 g/mol. The van der Waals surface area contributed by atoms with Crippen molar-refractivity contribution >= 4 is 5.69 Å². The lowest BCUT2D eigenvalue weighted by Gasteiger charge is -2.14. The van der Waals surface area contributed by atoms with Crippen molar-refractivity contribution in [1.29, 1.82) is 0 Å². The summed E-state index contributed by atoms with van der Waals surface area (Å²) in [5.41, 5.74) is 0.849. The summed E-state index contributed by atoms with van der Waals surface area (Å²) in [6.07, 6.45) is 4.61. The maximum Gasteiger partial charge on any atom is 0.173 e. The molecule has 0 fully saturated rings. The van der Waals surface area contributed by atoms with E-state index in [0.717, 1.165) is 5.69 Å². The lowest BCUT2D eigenvalue weighted by atomic mass is 10.5. The topological polar surface area (TPSA) is 56.3 Å².